The molecule has 21 heavy (non-hydrogen) atoms. The minimum absolute atomic E-state index is 0.0712. The van der Waals surface area contributed by atoms with Gasteiger partial charge in [0.05, 0.1) is 5.60 Å². The zero-order chi connectivity index (χ0) is 15.1. The highest BCUT2D eigenvalue weighted by atomic mass is 16.5. The molecule has 1 spiro atoms. The van der Waals surface area contributed by atoms with Crippen LogP contribution in [0, 0.1) is 11.8 Å². The van der Waals surface area contributed by atoms with Gasteiger partial charge in [0.25, 0.3) is 0 Å². The summed E-state index contributed by atoms with van der Waals surface area (Å²) in [5.41, 5.74) is 5.56. The van der Waals surface area contributed by atoms with E-state index in [-0.39, 0.29) is 11.5 Å². The van der Waals surface area contributed by atoms with Crippen LogP contribution in [-0.2, 0) is 14.3 Å². The van der Waals surface area contributed by atoms with E-state index in [9.17, 15) is 4.79 Å². The summed E-state index contributed by atoms with van der Waals surface area (Å²) in [5.74, 6) is 1.25. The molecule has 2 unspecified atom stereocenters. The predicted molar refractivity (Wildman–Crippen MR) is 83.2 cm³/mol. The van der Waals surface area contributed by atoms with Crippen molar-refractivity contribution in [3.8, 4) is 0 Å². The van der Waals surface area contributed by atoms with E-state index in [4.69, 9.17) is 15.2 Å². The van der Waals surface area contributed by atoms with Crippen molar-refractivity contribution in [3.05, 3.63) is 0 Å². The van der Waals surface area contributed by atoms with Gasteiger partial charge in [-0.25, -0.2) is 0 Å². The van der Waals surface area contributed by atoms with Crippen LogP contribution < -0.4 is 5.73 Å². The van der Waals surface area contributed by atoms with Gasteiger partial charge in [-0.3, -0.25) is 4.79 Å². The lowest BCUT2D eigenvalue weighted by molar-refractivity contribution is -0.157. The number of carbonyl (C=O) groups excluding carboxylic acids is 1. The molecule has 2 heterocycles. The Kier molecular flexibility index (Phi) is 6.65. The molecule has 0 radical (unpaired) electrons. The lowest BCUT2D eigenvalue weighted by Crippen LogP contribution is -2.45. The van der Waals surface area contributed by atoms with Gasteiger partial charge >= 0.3 is 0 Å². The average Bonchev–Trinajstić information content (AvgIpc) is 2.52. The van der Waals surface area contributed by atoms with E-state index in [0.29, 0.717) is 11.7 Å². The summed E-state index contributed by atoms with van der Waals surface area (Å²) in [4.78, 5) is 12.5. The minimum atomic E-state index is -0.0712. The fourth-order valence-electron chi connectivity index (χ4n) is 3.73. The Morgan fingerprint density at radius 1 is 1.29 bits per heavy atom. The SMILES string of the molecule is CCC(CCN)CCC(=O)C1CCOC2(CCOCC2)C1. The normalized spacial score (nSPS) is 26.7. The molecule has 0 aliphatic carbocycles. The first-order chi connectivity index (χ1) is 10.2. The van der Waals surface area contributed by atoms with Gasteiger partial charge in [-0.15, -0.1) is 0 Å². The summed E-state index contributed by atoms with van der Waals surface area (Å²) < 4.78 is 11.5. The van der Waals surface area contributed by atoms with Crippen LogP contribution in [0.3, 0.4) is 0 Å². The highest BCUT2D eigenvalue weighted by Crippen LogP contribution is 2.38. The number of carbonyl (C=O) groups is 1. The van der Waals surface area contributed by atoms with Crippen LogP contribution in [0.25, 0.3) is 0 Å². The molecule has 2 fully saturated rings. The van der Waals surface area contributed by atoms with E-state index in [1.165, 1.54) is 0 Å². The summed E-state index contributed by atoms with van der Waals surface area (Å²) in [5, 5.41) is 0. The molecule has 0 bridgehead atoms. The lowest BCUT2D eigenvalue weighted by atomic mass is 9.78. The van der Waals surface area contributed by atoms with E-state index in [0.717, 1.165) is 77.7 Å². The molecule has 0 amide bonds. The summed E-state index contributed by atoms with van der Waals surface area (Å²) in [6.45, 7) is 5.20. The number of hydrogen-bond acceptors (Lipinski definition) is 4. The smallest absolute Gasteiger partial charge is 0.136 e. The van der Waals surface area contributed by atoms with Gasteiger partial charge in [-0.1, -0.05) is 13.3 Å². The Morgan fingerprint density at radius 2 is 2.05 bits per heavy atom. The van der Waals surface area contributed by atoms with Crippen LogP contribution in [-0.4, -0.2) is 37.7 Å². The number of nitrogens with two attached hydrogens (primary N) is 1. The quantitative estimate of drug-likeness (QED) is 0.785. The fourth-order valence-corrected chi connectivity index (χ4v) is 3.73. The molecular weight excluding hydrogens is 266 g/mol. The molecule has 2 aliphatic heterocycles. The van der Waals surface area contributed by atoms with Crippen molar-refractivity contribution in [2.45, 2.75) is 63.9 Å². The van der Waals surface area contributed by atoms with Crippen LogP contribution in [0.1, 0.15) is 58.3 Å². The summed E-state index contributed by atoms with van der Waals surface area (Å²) in [7, 11) is 0. The second-order valence-corrected chi connectivity index (χ2v) is 6.69. The lowest BCUT2D eigenvalue weighted by Gasteiger charge is -2.43. The van der Waals surface area contributed by atoms with Crippen molar-refractivity contribution < 1.29 is 14.3 Å². The molecule has 2 saturated heterocycles. The molecule has 2 aliphatic rings. The van der Waals surface area contributed by atoms with Crippen molar-refractivity contribution in [3.63, 3.8) is 0 Å². The largest absolute Gasteiger partial charge is 0.381 e. The number of hydrogen-bond donors (Lipinski definition) is 1. The third-order valence-electron chi connectivity index (χ3n) is 5.30. The summed E-state index contributed by atoms with van der Waals surface area (Å²) >= 11 is 0. The van der Waals surface area contributed by atoms with Gasteiger partial charge < -0.3 is 15.2 Å². The Labute approximate surface area is 128 Å². The van der Waals surface area contributed by atoms with Crippen LogP contribution in [0.2, 0.25) is 0 Å². The van der Waals surface area contributed by atoms with Crippen molar-refractivity contribution in [2.24, 2.45) is 17.6 Å². The Hall–Kier alpha value is -0.450. The molecule has 4 heteroatoms. The maximum atomic E-state index is 12.5. The van der Waals surface area contributed by atoms with Gasteiger partial charge in [-0.2, -0.15) is 0 Å². The topological polar surface area (TPSA) is 61.6 Å². The molecule has 4 nitrogen and oxygen atoms in total. The van der Waals surface area contributed by atoms with Crippen molar-refractivity contribution in [1.82, 2.24) is 0 Å². The van der Waals surface area contributed by atoms with Crippen LogP contribution in [0.5, 0.6) is 0 Å². The second-order valence-electron chi connectivity index (χ2n) is 6.69. The highest BCUT2D eigenvalue weighted by Gasteiger charge is 2.40. The van der Waals surface area contributed by atoms with E-state index >= 15 is 0 Å². The minimum Gasteiger partial charge on any atom is -0.381 e. The molecule has 122 valence electrons. The summed E-state index contributed by atoms with van der Waals surface area (Å²) in [6, 6.07) is 0. The number of Topliss-reactive ketones (excluding diaryl/α,β-unsaturated/α-hetero) is 1. The number of ketones is 1. The molecule has 2 atom stereocenters. The standard InChI is InChI=1S/C17H31NO3/c1-2-14(5-9-18)3-4-16(19)15-6-10-21-17(13-15)7-11-20-12-8-17/h14-15H,2-13,18H2,1H3. The third-order valence-corrected chi connectivity index (χ3v) is 5.30. The molecule has 2 rings (SSSR count). The van der Waals surface area contributed by atoms with Crippen molar-refractivity contribution in [2.75, 3.05) is 26.4 Å². The predicted octanol–water partition coefficient (Wildman–Crippen LogP) is 2.69. The highest BCUT2D eigenvalue weighted by molar-refractivity contribution is 5.81. The van der Waals surface area contributed by atoms with Gasteiger partial charge in [-0.05, 0) is 51.0 Å². The second kappa shape index (κ2) is 8.25. The molecule has 0 aromatic carbocycles. The molecule has 0 saturated carbocycles. The Morgan fingerprint density at radius 3 is 2.71 bits per heavy atom. The van der Waals surface area contributed by atoms with Gasteiger partial charge in [0, 0.05) is 32.2 Å². The Balaban J connectivity index is 1.81. The van der Waals surface area contributed by atoms with E-state index in [2.05, 4.69) is 6.92 Å². The first kappa shape index (κ1) is 16.9. The Bertz CT molecular complexity index is 320. The van der Waals surface area contributed by atoms with E-state index in [1.807, 2.05) is 0 Å². The molecule has 0 aromatic heterocycles. The van der Waals surface area contributed by atoms with Crippen LogP contribution >= 0.6 is 0 Å². The van der Waals surface area contributed by atoms with E-state index < -0.39 is 0 Å². The third kappa shape index (κ3) is 4.76. The molecule has 0 aromatic rings. The molecule has 2 N–H and O–H groups in total. The monoisotopic (exact) mass is 297 g/mol. The zero-order valence-electron chi connectivity index (χ0n) is 13.4. The average molecular weight is 297 g/mol. The van der Waals surface area contributed by atoms with Crippen LogP contribution in [0.15, 0.2) is 0 Å². The number of rotatable bonds is 7. The molecular formula is C17H31NO3. The number of ether oxygens (including phenoxy) is 2. The fraction of sp³-hybridized carbons (Fsp3) is 0.941. The van der Waals surface area contributed by atoms with Crippen molar-refractivity contribution >= 4 is 5.78 Å². The van der Waals surface area contributed by atoms with Gasteiger partial charge in [0.2, 0.25) is 0 Å². The first-order valence-corrected chi connectivity index (χ1v) is 8.63. The zero-order valence-corrected chi connectivity index (χ0v) is 13.4. The van der Waals surface area contributed by atoms with Gasteiger partial charge in [0.15, 0.2) is 0 Å². The van der Waals surface area contributed by atoms with E-state index in [1.54, 1.807) is 0 Å². The first-order valence-electron chi connectivity index (χ1n) is 8.63. The van der Waals surface area contributed by atoms with Crippen molar-refractivity contribution in [1.29, 1.82) is 0 Å². The van der Waals surface area contributed by atoms with Crippen LogP contribution in [0.4, 0.5) is 0 Å². The maximum absolute atomic E-state index is 12.5. The maximum Gasteiger partial charge on any atom is 0.136 e. The summed E-state index contributed by atoms with van der Waals surface area (Å²) in [6.07, 6.45) is 7.58. The van der Waals surface area contributed by atoms with Gasteiger partial charge in [0.1, 0.15) is 5.78 Å².